The van der Waals surface area contributed by atoms with E-state index in [0.717, 1.165) is 28.7 Å². The highest BCUT2D eigenvalue weighted by Gasteiger charge is 2.11. The van der Waals surface area contributed by atoms with Crippen LogP contribution in [-0.4, -0.2) is 11.3 Å². The van der Waals surface area contributed by atoms with Crippen molar-refractivity contribution in [3.63, 3.8) is 0 Å². The van der Waals surface area contributed by atoms with Gasteiger partial charge in [-0.15, -0.1) is 0 Å². The summed E-state index contributed by atoms with van der Waals surface area (Å²) in [6, 6.07) is 21.7. The molecule has 0 bridgehead atoms. The van der Waals surface area contributed by atoms with Crippen LogP contribution in [-0.2, 0) is 17.8 Å². The summed E-state index contributed by atoms with van der Waals surface area (Å²) >= 11 is 0. The summed E-state index contributed by atoms with van der Waals surface area (Å²) in [5.41, 5.74) is 3.23. The van der Waals surface area contributed by atoms with E-state index in [1.54, 1.807) is 12.4 Å². The Morgan fingerprint density at radius 1 is 0.875 bits per heavy atom. The van der Waals surface area contributed by atoms with Crippen LogP contribution in [0.25, 0.3) is 0 Å². The number of hydrogen-bond donors (Lipinski definition) is 0. The molecule has 1 heterocycles. The van der Waals surface area contributed by atoms with E-state index in [-0.39, 0.29) is 5.92 Å². The van der Waals surface area contributed by atoms with Crippen molar-refractivity contribution in [3.05, 3.63) is 95.8 Å². The highest BCUT2D eigenvalue weighted by atomic mass is 16.5. The standard InChI is InChI=1S/C21H19NO2/c23-15-20(14-17-10-12-22-13-11-17)19-6-8-21(9-7-19)24-16-18-4-2-1-3-5-18/h1-13,15,20H,14,16H2. The van der Waals surface area contributed by atoms with Crippen molar-refractivity contribution in [1.29, 1.82) is 0 Å². The lowest BCUT2D eigenvalue weighted by atomic mass is 9.94. The second kappa shape index (κ2) is 8.06. The summed E-state index contributed by atoms with van der Waals surface area (Å²) in [5, 5.41) is 0. The number of carbonyl (C=O) groups is 1. The Balaban J connectivity index is 1.63. The molecule has 0 aliphatic carbocycles. The monoisotopic (exact) mass is 317 g/mol. The van der Waals surface area contributed by atoms with E-state index in [1.165, 1.54) is 0 Å². The fourth-order valence-electron chi connectivity index (χ4n) is 2.57. The van der Waals surface area contributed by atoms with Gasteiger partial charge in [0.15, 0.2) is 0 Å². The minimum atomic E-state index is -0.157. The third kappa shape index (κ3) is 4.29. The molecule has 0 aliphatic heterocycles. The van der Waals surface area contributed by atoms with E-state index < -0.39 is 0 Å². The average molecular weight is 317 g/mol. The van der Waals surface area contributed by atoms with E-state index in [9.17, 15) is 4.79 Å². The molecule has 2 aromatic carbocycles. The molecular formula is C21H19NO2. The number of pyridine rings is 1. The van der Waals surface area contributed by atoms with E-state index >= 15 is 0 Å². The zero-order valence-electron chi connectivity index (χ0n) is 13.3. The lowest BCUT2D eigenvalue weighted by Crippen LogP contribution is -2.04. The summed E-state index contributed by atoms with van der Waals surface area (Å²) in [4.78, 5) is 15.5. The molecule has 3 heteroatoms. The minimum Gasteiger partial charge on any atom is -0.489 e. The van der Waals surface area contributed by atoms with E-state index in [2.05, 4.69) is 4.98 Å². The van der Waals surface area contributed by atoms with Gasteiger partial charge in [-0.3, -0.25) is 4.98 Å². The van der Waals surface area contributed by atoms with E-state index in [1.807, 2.05) is 66.7 Å². The molecular weight excluding hydrogens is 298 g/mol. The number of aldehydes is 1. The topological polar surface area (TPSA) is 39.2 Å². The first kappa shape index (κ1) is 15.9. The van der Waals surface area contributed by atoms with Crippen LogP contribution >= 0.6 is 0 Å². The van der Waals surface area contributed by atoms with Crippen LogP contribution in [0.1, 0.15) is 22.6 Å². The predicted octanol–water partition coefficient (Wildman–Crippen LogP) is 4.19. The maximum Gasteiger partial charge on any atom is 0.127 e. The first-order chi connectivity index (χ1) is 11.8. The molecule has 0 saturated carbocycles. The molecule has 1 atom stereocenters. The van der Waals surface area contributed by atoms with Gasteiger partial charge < -0.3 is 9.53 Å². The summed E-state index contributed by atoms with van der Waals surface area (Å²) in [7, 11) is 0. The van der Waals surface area contributed by atoms with Gasteiger partial charge >= 0.3 is 0 Å². The largest absolute Gasteiger partial charge is 0.489 e. The third-order valence-corrected chi connectivity index (χ3v) is 3.93. The zero-order chi connectivity index (χ0) is 16.6. The van der Waals surface area contributed by atoms with Crippen LogP contribution in [0.2, 0.25) is 0 Å². The zero-order valence-corrected chi connectivity index (χ0v) is 13.3. The lowest BCUT2D eigenvalue weighted by Gasteiger charge is -2.12. The number of rotatable bonds is 7. The van der Waals surface area contributed by atoms with E-state index in [4.69, 9.17) is 4.74 Å². The molecule has 0 saturated heterocycles. The highest BCUT2D eigenvalue weighted by Crippen LogP contribution is 2.22. The van der Waals surface area contributed by atoms with Gasteiger partial charge in [0.25, 0.3) is 0 Å². The molecule has 120 valence electrons. The van der Waals surface area contributed by atoms with Gasteiger partial charge in [-0.2, -0.15) is 0 Å². The molecule has 3 rings (SSSR count). The Labute approximate surface area is 142 Å². The Morgan fingerprint density at radius 2 is 1.58 bits per heavy atom. The van der Waals surface area contributed by atoms with Crippen LogP contribution < -0.4 is 4.74 Å². The second-order valence-electron chi connectivity index (χ2n) is 5.65. The first-order valence-electron chi connectivity index (χ1n) is 7.96. The molecule has 0 aliphatic rings. The smallest absolute Gasteiger partial charge is 0.127 e. The molecule has 0 N–H and O–H groups in total. The molecule has 24 heavy (non-hydrogen) atoms. The van der Waals surface area contributed by atoms with Crippen molar-refractivity contribution in [1.82, 2.24) is 4.98 Å². The number of benzene rings is 2. The second-order valence-corrected chi connectivity index (χ2v) is 5.65. The molecule has 1 unspecified atom stereocenters. The normalized spacial score (nSPS) is 11.7. The molecule has 1 aromatic heterocycles. The molecule has 3 aromatic rings. The molecule has 3 nitrogen and oxygen atoms in total. The molecule has 0 spiro atoms. The van der Waals surface area contributed by atoms with Crippen molar-refractivity contribution in [3.8, 4) is 5.75 Å². The number of carbonyl (C=O) groups excluding carboxylic acids is 1. The highest BCUT2D eigenvalue weighted by molar-refractivity contribution is 5.63. The summed E-state index contributed by atoms with van der Waals surface area (Å²) in [6.07, 6.45) is 5.17. The van der Waals surface area contributed by atoms with Gasteiger partial charge in [0.2, 0.25) is 0 Å². The van der Waals surface area contributed by atoms with Crippen LogP contribution in [0.5, 0.6) is 5.75 Å². The van der Waals surface area contributed by atoms with Gasteiger partial charge in [0.05, 0.1) is 0 Å². The quantitative estimate of drug-likeness (QED) is 0.614. The third-order valence-electron chi connectivity index (χ3n) is 3.93. The molecule has 0 fully saturated rings. The number of ether oxygens (including phenoxy) is 1. The molecule has 0 amide bonds. The van der Waals surface area contributed by atoms with Gasteiger partial charge in [-0.05, 0) is 47.4 Å². The van der Waals surface area contributed by atoms with Crippen molar-refractivity contribution < 1.29 is 9.53 Å². The number of hydrogen-bond acceptors (Lipinski definition) is 3. The predicted molar refractivity (Wildman–Crippen MR) is 94.0 cm³/mol. The summed E-state index contributed by atoms with van der Waals surface area (Å²) in [6.45, 7) is 0.536. The fourth-order valence-corrected chi connectivity index (χ4v) is 2.57. The maximum absolute atomic E-state index is 11.5. The molecule has 0 radical (unpaired) electrons. The Kier molecular flexibility index (Phi) is 5.36. The summed E-state index contributed by atoms with van der Waals surface area (Å²) < 4.78 is 5.78. The van der Waals surface area contributed by atoms with Crippen LogP contribution in [0, 0.1) is 0 Å². The van der Waals surface area contributed by atoms with Crippen molar-refractivity contribution in [2.45, 2.75) is 18.9 Å². The van der Waals surface area contributed by atoms with E-state index in [0.29, 0.717) is 13.0 Å². The minimum absolute atomic E-state index is 0.157. The van der Waals surface area contributed by atoms with Gasteiger partial charge in [0.1, 0.15) is 18.6 Å². The van der Waals surface area contributed by atoms with Crippen LogP contribution in [0.3, 0.4) is 0 Å². The van der Waals surface area contributed by atoms with Gasteiger partial charge in [0, 0.05) is 18.3 Å². The van der Waals surface area contributed by atoms with Gasteiger partial charge in [-0.25, -0.2) is 0 Å². The first-order valence-corrected chi connectivity index (χ1v) is 7.96. The Hall–Kier alpha value is -2.94. The fraction of sp³-hybridized carbons (Fsp3) is 0.143. The van der Waals surface area contributed by atoms with Crippen LogP contribution in [0.4, 0.5) is 0 Å². The van der Waals surface area contributed by atoms with Crippen molar-refractivity contribution >= 4 is 6.29 Å². The summed E-state index contributed by atoms with van der Waals surface area (Å²) in [5.74, 6) is 0.645. The SMILES string of the molecule is O=CC(Cc1ccncc1)c1ccc(OCc2ccccc2)cc1. The number of nitrogens with zero attached hydrogens (tertiary/aromatic N) is 1. The van der Waals surface area contributed by atoms with Gasteiger partial charge in [-0.1, -0.05) is 42.5 Å². The Morgan fingerprint density at radius 3 is 2.25 bits per heavy atom. The number of aromatic nitrogens is 1. The average Bonchev–Trinajstić information content (AvgIpc) is 2.67. The van der Waals surface area contributed by atoms with Crippen LogP contribution in [0.15, 0.2) is 79.1 Å². The lowest BCUT2D eigenvalue weighted by molar-refractivity contribution is -0.109. The maximum atomic E-state index is 11.5. The van der Waals surface area contributed by atoms with Crippen molar-refractivity contribution in [2.75, 3.05) is 0 Å². The Bertz CT molecular complexity index is 755. The van der Waals surface area contributed by atoms with Crippen molar-refractivity contribution in [2.24, 2.45) is 0 Å².